The highest BCUT2D eigenvalue weighted by Gasteiger charge is 2.05. The second-order valence-electron chi connectivity index (χ2n) is 1.81. The molecule has 0 aliphatic heterocycles. The van der Waals surface area contributed by atoms with Crippen molar-refractivity contribution < 1.29 is 4.92 Å². The lowest BCUT2D eigenvalue weighted by molar-refractivity contribution is -0.389. The van der Waals surface area contributed by atoms with Crippen LogP contribution in [0.2, 0.25) is 5.02 Å². The lowest BCUT2D eigenvalue weighted by atomic mass is 10.5. The van der Waals surface area contributed by atoms with Crippen LogP contribution in [-0.2, 0) is 0 Å². The van der Waals surface area contributed by atoms with Gasteiger partial charge < -0.3 is 10.1 Å². The van der Waals surface area contributed by atoms with E-state index in [1.807, 2.05) is 4.98 Å². The van der Waals surface area contributed by atoms with Gasteiger partial charge in [0.1, 0.15) is 0 Å². The van der Waals surface area contributed by atoms with Gasteiger partial charge in [-0.15, -0.1) is 0 Å². The molecule has 0 saturated heterocycles. The van der Waals surface area contributed by atoms with Crippen molar-refractivity contribution in [1.82, 2.24) is 4.98 Å². The number of nitrogens with zero attached hydrogens (tertiary/aromatic N) is 1. The van der Waals surface area contributed by atoms with Gasteiger partial charge in [0.2, 0.25) is 0 Å². The lowest BCUT2D eigenvalue weighted by Gasteiger charge is -1.91. The summed E-state index contributed by atoms with van der Waals surface area (Å²) in [5, 5.41) is 10.1. The Morgan fingerprint density at radius 3 is 2.64 bits per heavy atom. The first-order chi connectivity index (χ1) is 5.09. The number of H-pyrrole nitrogens is 1. The van der Waals surface area contributed by atoms with E-state index >= 15 is 0 Å². The first-order valence-corrected chi connectivity index (χ1v) is 3.01. The molecule has 0 bridgehead atoms. The number of nitro groups is 1. The van der Waals surface area contributed by atoms with E-state index in [1.165, 1.54) is 0 Å². The Kier molecular flexibility index (Phi) is 1.91. The van der Waals surface area contributed by atoms with Crippen LogP contribution in [0, 0.1) is 10.1 Å². The predicted molar refractivity (Wildman–Crippen MR) is 38.7 cm³/mol. The van der Waals surface area contributed by atoms with E-state index in [1.54, 1.807) is 0 Å². The van der Waals surface area contributed by atoms with Crippen molar-refractivity contribution >= 4 is 17.4 Å². The highest BCUT2D eigenvalue weighted by Crippen LogP contribution is 2.10. The molecule has 0 amide bonds. The van der Waals surface area contributed by atoms with Crippen LogP contribution >= 0.6 is 11.6 Å². The quantitative estimate of drug-likeness (QED) is 0.508. The molecule has 11 heavy (non-hydrogen) atoms. The van der Waals surface area contributed by atoms with E-state index in [0.29, 0.717) is 0 Å². The molecule has 58 valence electrons. The Balaban J connectivity index is 3.30. The van der Waals surface area contributed by atoms with E-state index in [0.717, 1.165) is 12.1 Å². The SMILES string of the molecule is O=c1cc(Cl)cc([N+](=O)[O-])[nH]1. The fourth-order valence-corrected chi connectivity index (χ4v) is 0.797. The fourth-order valence-electron chi connectivity index (χ4n) is 0.594. The summed E-state index contributed by atoms with van der Waals surface area (Å²) in [6.07, 6.45) is 0. The molecule has 0 unspecified atom stereocenters. The minimum absolute atomic E-state index is 0.0560. The van der Waals surface area contributed by atoms with Gasteiger partial charge in [-0.2, -0.15) is 0 Å². The second-order valence-corrected chi connectivity index (χ2v) is 2.24. The van der Waals surface area contributed by atoms with Gasteiger partial charge >= 0.3 is 11.4 Å². The average molecular weight is 175 g/mol. The molecule has 1 heterocycles. The van der Waals surface area contributed by atoms with Crippen LogP contribution < -0.4 is 5.56 Å². The van der Waals surface area contributed by atoms with E-state index in [2.05, 4.69) is 0 Å². The number of aromatic amines is 1. The highest BCUT2D eigenvalue weighted by molar-refractivity contribution is 6.30. The van der Waals surface area contributed by atoms with Gasteiger partial charge in [-0.3, -0.25) is 0 Å². The molecule has 0 atom stereocenters. The molecule has 0 spiro atoms. The third-order valence-electron chi connectivity index (χ3n) is 0.992. The van der Waals surface area contributed by atoms with Crippen LogP contribution in [0.25, 0.3) is 0 Å². The van der Waals surface area contributed by atoms with Crippen LogP contribution in [0.3, 0.4) is 0 Å². The number of halogens is 1. The summed E-state index contributed by atoms with van der Waals surface area (Å²) in [6.45, 7) is 0. The number of pyridine rings is 1. The minimum Gasteiger partial charge on any atom is -0.358 e. The molecule has 1 aromatic heterocycles. The average Bonchev–Trinajstić information content (AvgIpc) is 1.85. The van der Waals surface area contributed by atoms with Crippen molar-refractivity contribution in [3.8, 4) is 0 Å². The van der Waals surface area contributed by atoms with E-state index in [9.17, 15) is 14.9 Å². The Morgan fingerprint density at radius 1 is 1.55 bits per heavy atom. The highest BCUT2D eigenvalue weighted by atomic mass is 35.5. The standard InChI is InChI=1S/C5H3ClN2O3/c6-3-1-4(8(10)11)7-5(9)2-3/h1-2H,(H,7,9). The molecule has 0 aromatic carbocycles. The van der Waals surface area contributed by atoms with Crippen molar-refractivity contribution in [2.24, 2.45) is 0 Å². The second kappa shape index (κ2) is 2.71. The summed E-state index contributed by atoms with van der Waals surface area (Å²) in [6, 6.07) is 2.14. The van der Waals surface area contributed by atoms with E-state index in [4.69, 9.17) is 11.6 Å². The van der Waals surface area contributed by atoms with Crippen molar-refractivity contribution in [3.05, 3.63) is 37.6 Å². The summed E-state index contributed by atoms with van der Waals surface area (Å²) in [7, 11) is 0. The third kappa shape index (κ3) is 1.78. The topological polar surface area (TPSA) is 76.0 Å². The Morgan fingerprint density at radius 2 is 2.18 bits per heavy atom. The van der Waals surface area contributed by atoms with Crippen molar-refractivity contribution in [1.29, 1.82) is 0 Å². The smallest absolute Gasteiger partial charge is 0.333 e. The van der Waals surface area contributed by atoms with Crippen LogP contribution in [0.1, 0.15) is 0 Å². The maximum Gasteiger partial charge on any atom is 0.333 e. The number of hydrogen-bond donors (Lipinski definition) is 1. The largest absolute Gasteiger partial charge is 0.358 e. The van der Waals surface area contributed by atoms with Gasteiger partial charge in [0.05, 0.1) is 11.1 Å². The van der Waals surface area contributed by atoms with Crippen LogP contribution in [0.15, 0.2) is 16.9 Å². The van der Waals surface area contributed by atoms with Gasteiger partial charge in [-0.05, 0) is 4.92 Å². The predicted octanol–water partition coefficient (Wildman–Crippen LogP) is 0.936. The zero-order chi connectivity index (χ0) is 8.43. The van der Waals surface area contributed by atoms with Crippen molar-refractivity contribution in [2.75, 3.05) is 0 Å². The first-order valence-electron chi connectivity index (χ1n) is 2.64. The summed E-state index contributed by atoms with van der Waals surface area (Å²) < 4.78 is 0. The van der Waals surface area contributed by atoms with Gasteiger partial charge in [-0.25, -0.2) is 9.78 Å². The van der Waals surface area contributed by atoms with Gasteiger partial charge in [0.15, 0.2) is 0 Å². The van der Waals surface area contributed by atoms with E-state index < -0.39 is 16.3 Å². The van der Waals surface area contributed by atoms with Gasteiger partial charge in [0, 0.05) is 6.07 Å². The molecule has 1 rings (SSSR count). The Labute approximate surface area is 65.8 Å². The third-order valence-corrected chi connectivity index (χ3v) is 1.21. The summed E-state index contributed by atoms with van der Waals surface area (Å²) >= 11 is 5.37. The summed E-state index contributed by atoms with van der Waals surface area (Å²) in [5.74, 6) is -0.400. The maximum absolute atomic E-state index is 10.6. The maximum atomic E-state index is 10.6. The molecular weight excluding hydrogens is 172 g/mol. The summed E-state index contributed by atoms with van der Waals surface area (Å²) in [5.41, 5.74) is -0.579. The number of hydrogen-bond acceptors (Lipinski definition) is 3. The molecule has 0 saturated carbocycles. The summed E-state index contributed by atoms with van der Waals surface area (Å²) in [4.78, 5) is 21.9. The first kappa shape index (κ1) is 7.74. The van der Waals surface area contributed by atoms with Crippen molar-refractivity contribution in [2.45, 2.75) is 0 Å². The Bertz CT molecular complexity index is 346. The van der Waals surface area contributed by atoms with Crippen LogP contribution in [0.4, 0.5) is 5.82 Å². The molecule has 1 aromatic rings. The normalized spacial score (nSPS) is 9.55. The molecule has 1 N–H and O–H groups in total. The number of nitrogens with one attached hydrogen (secondary N) is 1. The monoisotopic (exact) mass is 174 g/mol. The zero-order valence-electron chi connectivity index (χ0n) is 5.20. The number of rotatable bonds is 1. The number of aromatic nitrogens is 1. The lowest BCUT2D eigenvalue weighted by Crippen LogP contribution is -2.06. The molecule has 0 aliphatic rings. The molecule has 0 fully saturated rings. The van der Waals surface area contributed by atoms with E-state index in [-0.39, 0.29) is 5.02 Å². The zero-order valence-corrected chi connectivity index (χ0v) is 5.96. The molecule has 6 heteroatoms. The molecule has 5 nitrogen and oxygen atoms in total. The molecule has 0 radical (unpaired) electrons. The fraction of sp³-hybridized carbons (Fsp3) is 0. The molecule has 0 aliphatic carbocycles. The van der Waals surface area contributed by atoms with Gasteiger partial charge in [0.25, 0.3) is 0 Å². The van der Waals surface area contributed by atoms with Crippen LogP contribution in [0.5, 0.6) is 0 Å². The Hall–Kier alpha value is -1.36. The molecular formula is C5H3ClN2O3. The van der Waals surface area contributed by atoms with Gasteiger partial charge in [-0.1, -0.05) is 11.6 Å². The van der Waals surface area contributed by atoms with Crippen LogP contribution in [-0.4, -0.2) is 9.91 Å². The minimum atomic E-state index is -0.715. The van der Waals surface area contributed by atoms with Crippen molar-refractivity contribution in [3.63, 3.8) is 0 Å².